The van der Waals surface area contributed by atoms with Crippen LogP contribution in [0.5, 0.6) is 0 Å². The molecule has 8 aromatic carbocycles. The second kappa shape index (κ2) is 13.3. The maximum absolute atomic E-state index is 5.26. The number of thiophene rings is 1. The molecule has 3 aromatic heterocycles. The predicted octanol–water partition coefficient (Wildman–Crippen LogP) is 13.7. The molecule has 0 saturated carbocycles. The first-order valence-electron chi connectivity index (χ1n) is 18.8. The first kappa shape index (κ1) is 32.2. The summed E-state index contributed by atoms with van der Waals surface area (Å²) in [6, 6.07) is 68.5. The predicted molar refractivity (Wildman–Crippen MR) is 234 cm³/mol. The summed E-state index contributed by atoms with van der Waals surface area (Å²) in [6.45, 7) is 0. The van der Waals surface area contributed by atoms with E-state index in [0.29, 0.717) is 17.5 Å². The molecule has 0 saturated heterocycles. The van der Waals surface area contributed by atoms with E-state index in [9.17, 15) is 0 Å². The maximum Gasteiger partial charge on any atom is 0.164 e. The zero-order valence-electron chi connectivity index (χ0n) is 30.2. The van der Waals surface area contributed by atoms with Gasteiger partial charge in [0.1, 0.15) is 0 Å². The Kier molecular flexibility index (Phi) is 7.64. The van der Waals surface area contributed by atoms with E-state index in [4.69, 9.17) is 15.0 Å². The smallest absolute Gasteiger partial charge is 0.164 e. The van der Waals surface area contributed by atoms with Crippen LogP contribution in [0, 0.1) is 0 Å². The molecule has 0 fully saturated rings. The van der Waals surface area contributed by atoms with Crippen LogP contribution in [0.2, 0.25) is 0 Å². The number of nitrogens with zero attached hydrogens (tertiary/aromatic N) is 4. The highest BCUT2D eigenvalue weighted by atomic mass is 32.1. The molecule has 0 unspecified atom stereocenters. The van der Waals surface area contributed by atoms with Crippen molar-refractivity contribution in [3.63, 3.8) is 0 Å². The maximum atomic E-state index is 5.26. The molecular formula is C51H32N4S. The molecule has 56 heavy (non-hydrogen) atoms. The topological polar surface area (TPSA) is 43.6 Å². The van der Waals surface area contributed by atoms with Crippen LogP contribution in [-0.4, -0.2) is 19.5 Å². The van der Waals surface area contributed by atoms with E-state index in [1.807, 2.05) is 47.7 Å². The number of aromatic nitrogens is 4. The monoisotopic (exact) mass is 732 g/mol. The lowest BCUT2D eigenvalue weighted by molar-refractivity contribution is 1.07. The van der Waals surface area contributed by atoms with Gasteiger partial charge < -0.3 is 4.57 Å². The van der Waals surface area contributed by atoms with Gasteiger partial charge in [0.15, 0.2) is 17.5 Å². The molecule has 5 heteroatoms. The van der Waals surface area contributed by atoms with Crippen LogP contribution in [-0.2, 0) is 0 Å². The van der Waals surface area contributed by atoms with E-state index in [1.165, 1.54) is 42.0 Å². The highest BCUT2D eigenvalue weighted by molar-refractivity contribution is 7.26. The van der Waals surface area contributed by atoms with Crippen molar-refractivity contribution in [3.8, 4) is 62.1 Å². The minimum absolute atomic E-state index is 0.632. The minimum Gasteiger partial charge on any atom is -0.309 e. The van der Waals surface area contributed by atoms with E-state index >= 15 is 0 Å². The van der Waals surface area contributed by atoms with Crippen LogP contribution in [0.4, 0.5) is 0 Å². The van der Waals surface area contributed by atoms with Crippen LogP contribution in [0.3, 0.4) is 0 Å². The largest absolute Gasteiger partial charge is 0.309 e. The summed E-state index contributed by atoms with van der Waals surface area (Å²) >= 11 is 1.85. The molecule has 11 rings (SSSR count). The molecule has 262 valence electrons. The Bertz CT molecular complexity index is 3170. The van der Waals surface area contributed by atoms with E-state index in [0.717, 1.165) is 44.6 Å². The van der Waals surface area contributed by atoms with Gasteiger partial charge in [-0.15, -0.1) is 11.3 Å². The fraction of sp³-hybridized carbons (Fsp3) is 0. The lowest BCUT2D eigenvalue weighted by Crippen LogP contribution is -2.01. The van der Waals surface area contributed by atoms with Crippen molar-refractivity contribution in [3.05, 3.63) is 194 Å². The normalized spacial score (nSPS) is 11.6. The number of fused-ring (bicyclic) bond motifs is 7. The molecule has 0 amide bonds. The lowest BCUT2D eigenvalue weighted by atomic mass is 9.91. The highest BCUT2D eigenvalue weighted by Crippen LogP contribution is 2.48. The van der Waals surface area contributed by atoms with Gasteiger partial charge in [-0.25, -0.2) is 15.0 Å². The average molecular weight is 733 g/mol. The van der Waals surface area contributed by atoms with Crippen LogP contribution in [0.15, 0.2) is 194 Å². The van der Waals surface area contributed by atoms with Gasteiger partial charge in [0.2, 0.25) is 0 Å². The molecule has 0 N–H and O–H groups in total. The van der Waals surface area contributed by atoms with Gasteiger partial charge in [-0.2, -0.15) is 0 Å². The number of hydrogen-bond acceptors (Lipinski definition) is 4. The molecule has 0 aliphatic carbocycles. The van der Waals surface area contributed by atoms with Crippen molar-refractivity contribution >= 4 is 53.3 Å². The van der Waals surface area contributed by atoms with E-state index in [2.05, 4.69) is 162 Å². The Labute approximate surface area is 327 Å². The Balaban J connectivity index is 1.23. The molecular weight excluding hydrogens is 701 g/mol. The number of para-hydroxylation sites is 2. The van der Waals surface area contributed by atoms with E-state index in [1.54, 1.807) is 0 Å². The van der Waals surface area contributed by atoms with Crippen molar-refractivity contribution in [1.29, 1.82) is 0 Å². The highest BCUT2D eigenvalue weighted by Gasteiger charge is 2.22. The van der Waals surface area contributed by atoms with Gasteiger partial charge in [0.05, 0.1) is 11.0 Å². The van der Waals surface area contributed by atoms with Crippen LogP contribution >= 0.6 is 11.3 Å². The van der Waals surface area contributed by atoms with Crippen LogP contribution in [0.25, 0.3) is 104 Å². The van der Waals surface area contributed by atoms with Crippen molar-refractivity contribution in [1.82, 2.24) is 19.5 Å². The van der Waals surface area contributed by atoms with Gasteiger partial charge in [0, 0.05) is 53.3 Å². The summed E-state index contributed by atoms with van der Waals surface area (Å²) in [7, 11) is 0. The second-order valence-electron chi connectivity index (χ2n) is 14.0. The zero-order chi connectivity index (χ0) is 37.0. The number of rotatable bonds is 6. The summed E-state index contributed by atoms with van der Waals surface area (Å²) < 4.78 is 4.90. The van der Waals surface area contributed by atoms with Gasteiger partial charge in [-0.1, -0.05) is 152 Å². The Morgan fingerprint density at radius 1 is 0.339 bits per heavy atom. The molecule has 4 nitrogen and oxygen atoms in total. The quantitative estimate of drug-likeness (QED) is 0.171. The SMILES string of the molecule is c1ccc(-c2ccc(-c3cccc4sc5ccc6c(c7ccccc7n6-c6ccccc6)c5c34)c(-c3nc(-c4ccccc4)nc(-c4ccccc4)n3)c2)cc1. The Morgan fingerprint density at radius 3 is 1.62 bits per heavy atom. The minimum atomic E-state index is 0.632. The van der Waals surface area contributed by atoms with Gasteiger partial charge in [-0.05, 0) is 64.7 Å². The van der Waals surface area contributed by atoms with Gasteiger partial charge in [-0.3, -0.25) is 0 Å². The molecule has 11 aromatic rings. The first-order valence-corrected chi connectivity index (χ1v) is 19.6. The molecule has 0 radical (unpaired) electrons. The summed E-state index contributed by atoms with van der Waals surface area (Å²) in [5, 5.41) is 5.01. The van der Waals surface area contributed by atoms with Crippen LogP contribution in [0.1, 0.15) is 0 Å². The summed E-state index contributed by atoms with van der Waals surface area (Å²) in [4.78, 5) is 15.5. The molecule has 3 heterocycles. The van der Waals surface area contributed by atoms with Crippen molar-refractivity contribution in [2.45, 2.75) is 0 Å². The first-order chi connectivity index (χ1) is 27.8. The van der Waals surface area contributed by atoms with E-state index in [-0.39, 0.29) is 0 Å². The summed E-state index contributed by atoms with van der Waals surface area (Å²) in [6.07, 6.45) is 0. The standard InChI is InChI=1S/C51H32N4S/c1-5-16-33(17-6-1)36-28-29-38(41(32-36)51-53-49(34-18-7-2-8-19-34)52-50(54-51)35-20-9-3-10-21-35)39-25-15-27-44-47(39)48-45(56-44)31-30-43-46(48)40-24-13-14-26-42(40)55(43)37-22-11-4-12-23-37/h1-32H. The summed E-state index contributed by atoms with van der Waals surface area (Å²) in [5.41, 5.74) is 10.8. The Morgan fingerprint density at radius 2 is 0.929 bits per heavy atom. The molecule has 0 spiro atoms. The second-order valence-corrected chi connectivity index (χ2v) is 15.1. The van der Waals surface area contributed by atoms with Gasteiger partial charge in [0.25, 0.3) is 0 Å². The Hall–Kier alpha value is -7.21. The van der Waals surface area contributed by atoms with Crippen molar-refractivity contribution in [2.24, 2.45) is 0 Å². The summed E-state index contributed by atoms with van der Waals surface area (Å²) in [5.74, 6) is 1.91. The number of benzene rings is 8. The third-order valence-corrected chi connectivity index (χ3v) is 11.8. The average Bonchev–Trinajstić information content (AvgIpc) is 3.83. The molecule has 0 atom stereocenters. The molecule has 0 bridgehead atoms. The van der Waals surface area contributed by atoms with Crippen LogP contribution < -0.4 is 0 Å². The zero-order valence-corrected chi connectivity index (χ0v) is 31.0. The fourth-order valence-electron chi connectivity index (χ4n) is 8.15. The third-order valence-electron chi connectivity index (χ3n) is 10.7. The van der Waals surface area contributed by atoms with E-state index < -0.39 is 0 Å². The number of hydrogen-bond donors (Lipinski definition) is 0. The molecule has 0 aliphatic heterocycles. The van der Waals surface area contributed by atoms with Crippen molar-refractivity contribution < 1.29 is 0 Å². The van der Waals surface area contributed by atoms with Crippen molar-refractivity contribution in [2.75, 3.05) is 0 Å². The fourth-order valence-corrected chi connectivity index (χ4v) is 9.29. The molecule has 0 aliphatic rings. The third kappa shape index (κ3) is 5.32. The lowest BCUT2D eigenvalue weighted by Gasteiger charge is -2.15. The van der Waals surface area contributed by atoms with Gasteiger partial charge >= 0.3 is 0 Å².